The molecule has 0 amide bonds. The summed E-state index contributed by atoms with van der Waals surface area (Å²) in [5.74, 6) is 0.781. The Morgan fingerprint density at radius 1 is 1.14 bits per heavy atom. The minimum Gasteiger partial charge on any atom is -0.375 e. The maximum absolute atomic E-state index is 6.50. The monoisotopic (exact) mass is 285 g/mol. The summed E-state index contributed by atoms with van der Waals surface area (Å²) in [4.78, 5) is 0. The molecule has 0 saturated carbocycles. The largest absolute Gasteiger partial charge is 0.375 e. The first-order chi connectivity index (χ1) is 10.1. The zero-order valence-corrected chi connectivity index (χ0v) is 12.8. The highest BCUT2D eigenvalue weighted by molar-refractivity contribution is 5.31. The molecule has 4 nitrogen and oxygen atoms in total. The normalized spacial score (nSPS) is 30.5. The molecule has 2 heterocycles. The van der Waals surface area contributed by atoms with Crippen LogP contribution < -0.4 is 5.73 Å². The third-order valence-electron chi connectivity index (χ3n) is 4.74. The van der Waals surface area contributed by atoms with Gasteiger partial charge in [-0.25, -0.2) is 4.68 Å². The molecule has 1 aliphatic rings. The first-order valence-electron chi connectivity index (χ1n) is 7.59. The zero-order chi connectivity index (χ0) is 15.0. The van der Waals surface area contributed by atoms with Gasteiger partial charge in [0.15, 0.2) is 0 Å². The molecule has 5 atom stereocenters. The molecule has 1 aromatic heterocycles. The van der Waals surface area contributed by atoms with Crippen molar-refractivity contribution in [2.24, 2.45) is 17.6 Å². The topological polar surface area (TPSA) is 53.1 Å². The third kappa shape index (κ3) is 2.61. The van der Waals surface area contributed by atoms with E-state index in [0.29, 0.717) is 11.8 Å². The van der Waals surface area contributed by atoms with Gasteiger partial charge in [-0.3, -0.25) is 0 Å². The number of nitrogens with zero attached hydrogens (tertiary/aromatic N) is 2. The molecule has 21 heavy (non-hydrogen) atoms. The maximum Gasteiger partial charge on any atom is 0.0645 e. The van der Waals surface area contributed by atoms with Crippen LogP contribution in [0.4, 0.5) is 0 Å². The lowest BCUT2D eigenvalue weighted by Crippen LogP contribution is -2.30. The smallest absolute Gasteiger partial charge is 0.0645 e. The minimum atomic E-state index is -0.0441. The van der Waals surface area contributed by atoms with Crippen molar-refractivity contribution in [1.82, 2.24) is 9.78 Å². The highest BCUT2D eigenvalue weighted by Gasteiger charge is 2.41. The molecular weight excluding hydrogens is 262 g/mol. The molecule has 4 heteroatoms. The fourth-order valence-corrected chi connectivity index (χ4v) is 3.37. The van der Waals surface area contributed by atoms with Gasteiger partial charge in [0.2, 0.25) is 0 Å². The van der Waals surface area contributed by atoms with E-state index in [1.807, 2.05) is 47.4 Å². The van der Waals surface area contributed by atoms with Crippen LogP contribution in [0.25, 0.3) is 5.69 Å². The second-order valence-electron chi connectivity index (χ2n) is 6.06. The van der Waals surface area contributed by atoms with Crippen LogP contribution in [0, 0.1) is 11.8 Å². The molecule has 5 unspecified atom stereocenters. The van der Waals surface area contributed by atoms with E-state index in [4.69, 9.17) is 10.5 Å². The maximum atomic E-state index is 6.50. The molecule has 112 valence electrons. The van der Waals surface area contributed by atoms with Crippen molar-refractivity contribution in [3.05, 3.63) is 48.3 Å². The minimum absolute atomic E-state index is 0.0441. The van der Waals surface area contributed by atoms with Gasteiger partial charge in [-0.1, -0.05) is 25.1 Å². The summed E-state index contributed by atoms with van der Waals surface area (Å²) in [6.45, 7) is 6.47. The Bertz CT molecular complexity index is 595. The highest BCUT2D eigenvalue weighted by Crippen LogP contribution is 2.39. The van der Waals surface area contributed by atoms with Crippen molar-refractivity contribution < 1.29 is 4.74 Å². The lowest BCUT2D eigenvalue weighted by molar-refractivity contribution is 0.0489. The van der Waals surface area contributed by atoms with Crippen LogP contribution in [0.15, 0.2) is 42.7 Å². The standard InChI is InChI=1S/C17H23N3O/c1-11-12(2)21-13(3)16(11)17(18)14-9-19-20(10-14)15-7-5-4-6-8-15/h4-13,16-17H,18H2,1-3H3. The van der Waals surface area contributed by atoms with Gasteiger partial charge in [0.25, 0.3) is 0 Å². The third-order valence-corrected chi connectivity index (χ3v) is 4.74. The molecule has 1 aliphatic heterocycles. The fourth-order valence-electron chi connectivity index (χ4n) is 3.37. The van der Waals surface area contributed by atoms with E-state index >= 15 is 0 Å². The van der Waals surface area contributed by atoms with Crippen LogP contribution in [-0.4, -0.2) is 22.0 Å². The van der Waals surface area contributed by atoms with Crippen molar-refractivity contribution in [3.8, 4) is 5.69 Å². The molecule has 1 fully saturated rings. The summed E-state index contributed by atoms with van der Waals surface area (Å²) in [5, 5.41) is 4.44. The second kappa shape index (κ2) is 5.62. The second-order valence-corrected chi connectivity index (χ2v) is 6.06. The van der Waals surface area contributed by atoms with E-state index < -0.39 is 0 Å². The van der Waals surface area contributed by atoms with Gasteiger partial charge >= 0.3 is 0 Å². The van der Waals surface area contributed by atoms with Crippen LogP contribution in [0.2, 0.25) is 0 Å². The first kappa shape index (κ1) is 14.3. The Kier molecular flexibility index (Phi) is 3.83. The van der Waals surface area contributed by atoms with Gasteiger partial charge in [0.05, 0.1) is 24.1 Å². The van der Waals surface area contributed by atoms with Gasteiger partial charge in [-0.05, 0) is 31.9 Å². The summed E-state index contributed by atoms with van der Waals surface area (Å²) in [6, 6.07) is 10.0. The summed E-state index contributed by atoms with van der Waals surface area (Å²) >= 11 is 0. The van der Waals surface area contributed by atoms with Crippen LogP contribution in [0.5, 0.6) is 0 Å². The average molecular weight is 285 g/mol. The number of rotatable bonds is 3. The van der Waals surface area contributed by atoms with Crippen LogP contribution in [-0.2, 0) is 4.74 Å². The van der Waals surface area contributed by atoms with Crippen LogP contribution in [0.3, 0.4) is 0 Å². The number of nitrogens with two attached hydrogens (primary N) is 1. The molecule has 0 aliphatic carbocycles. The predicted molar refractivity (Wildman–Crippen MR) is 83.2 cm³/mol. The SMILES string of the molecule is CC1OC(C)C(C(N)c2cnn(-c3ccccc3)c2)C1C. The molecule has 0 spiro atoms. The van der Waals surface area contributed by atoms with Gasteiger partial charge in [0.1, 0.15) is 0 Å². The van der Waals surface area contributed by atoms with Crippen LogP contribution in [0.1, 0.15) is 32.4 Å². The molecule has 0 bridgehead atoms. The van der Waals surface area contributed by atoms with Gasteiger partial charge < -0.3 is 10.5 Å². The summed E-state index contributed by atoms with van der Waals surface area (Å²) < 4.78 is 7.79. The van der Waals surface area contributed by atoms with Crippen molar-refractivity contribution in [2.75, 3.05) is 0 Å². The Morgan fingerprint density at radius 2 is 1.86 bits per heavy atom. The number of ether oxygens (including phenoxy) is 1. The summed E-state index contributed by atoms with van der Waals surface area (Å²) in [7, 11) is 0. The number of hydrogen-bond acceptors (Lipinski definition) is 3. The van der Waals surface area contributed by atoms with E-state index in [1.54, 1.807) is 0 Å². The Morgan fingerprint density at radius 3 is 2.48 bits per heavy atom. The van der Waals surface area contributed by atoms with Crippen LogP contribution >= 0.6 is 0 Å². The molecule has 2 N–H and O–H groups in total. The van der Waals surface area contributed by atoms with E-state index in [9.17, 15) is 0 Å². The number of para-hydroxylation sites is 1. The molecular formula is C17H23N3O. The molecule has 0 radical (unpaired) electrons. The highest BCUT2D eigenvalue weighted by atomic mass is 16.5. The quantitative estimate of drug-likeness (QED) is 0.943. The predicted octanol–water partition coefficient (Wildman–Crippen LogP) is 2.93. The lowest BCUT2D eigenvalue weighted by atomic mass is 9.82. The van der Waals surface area contributed by atoms with E-state index in [0.717, 1.165) is 11.3 Å². The molecule has 1 saturated heterocycles. The Labute approximate surface area is 125 Å². The number of hydrogen-bond donors (Lipinski definition) is 1. The van der Waals surface area contributed by atoms with Crippen molar-refractivity contribution >= 4 is 0 Å². The van der Waals surface area contributed by atoms with Gasteiger partial charge in [0, 0.05) is 23.7 Å². The molecule has 1 aromatic carbocycles. The van der Waals surface area contributed by atoms with Crippen molar-refractivity contribution in [2.45, 2.75) is 39.0 Å². The van der Waals surface area contributed by atoms with Gasteiger partial charge in [-0.2, -0.15) is 5.10 Å². The van der Waals surface area contributed by atoms with Gasteiger partial charge in [-0.15, -0.1) is 0 Å². The zero-order valence-electron chi connectivity index (χ0n) is 12.8. The van der Waals surface area contributed by atoms with E-state index in [2.05, 4.69) is 25.9 Å². The van der Waals surface area contributed by atoms with E-state index in [1.165, 1.54) is 0 Å². The summed E-state index contributed by atoms with van der Waals surface area (Å²) in [5.41, 5.74) is 8.62. The lowest BCUT2D eigenvalue weighted by Gasteiger charge is -2.24. The number of benzene rings is 1. The first-order valence-corrected chi connectivity index (χ1v) is 7.59. The summed E-state index contributed by atoms with van der Waals surface area (Å²) in [6.07, 6.45) is 4.35. The van der Waals surface area contributed by atoms with Crippen molar-refractivity contribution in [3.63, 3.8) is 0 Å². The average Bonchev–Trinajstić information content (AvgIpc) is 3.06. The fraction of sp³-hybridized carbons (Fsp3) is 0.471. The van der Waals surface area contributed by atoms with E-state index in [-0.39, 0.29) is 18.2 Å². The number of aromatic nitrogens is 2. The Hall–Kier alpha value is -1.65. The molecule has 3 rings (SSSR count). The Balaban J connectivity index is 1.83. The molecule has 2 aromatic rings. The van der Waals surface area contributed by atoms with Crippen molar-refractivity contribution in [1.29, 1.82) is 0 Å².